The molecule has 5 aromatic rings. The largest absolute Gasteiger partial charge is 0.494 e. The molecular weight excluding hydrogens is 539 g/mol. The molecule has 0 bridgehead atoms. The molecule has 42 heavy (non-hydrogen) atoms. The first kappa shape index (κ1) is 26.7. The fourth-order valence-corrected chi connectivity index (χ4v) is 5.21. The molecule has 4 heterocycles. The van der Waals surface area contributed by atoms with Crippen molar-refractivity contribution in [3.8, 4) is 28.6 Å². The number of para-hydroxylation sites is 1. The number of methoxy groups -OCH3 is 1. The Morgan fingerprint density at radius 2 is 2.05 bits per heavy atom. The van der Waals surface area contributed by atoms with Gasteiger partial charge in [0.05, 0.1) is 18.2 Å². The Labute approximate surface area is 240 Å². The van der Waals surface area contributed by atoms with E-state index in [9.17, 15) is 4.79 Å². The summed E-state index contributed by atoms with van der Waals surface area (Å²) >= 11 is 0. The molecule has 212 valence electrons. The minimum Gasteiger partial charge on any atom is -0.494 e. The van der Waals surface area contributed by atoms with Crippen LogP contribution in [-0.4, -0.2) is 44.1 Å². The number of carbonyl (C=O) groups is 1. The second-order valence-corrected chi connectivity index (χ2v) is 9.58. The molecule has 1 aliphatic heterocycles. The van der Waals surface area contributed by atoms with Crippen molar-refractivity contribution in [2.24, 2.45) is 0 Å². The van der Waals surface area contributed by atoms with Crippen molar-refractivity contribution in [3.05, 3.63) is 84.7 Å². The first-order chi connectivity index (χ1) is 20.4. The van der Waals surface area contributed by atoms with Crippen LogP contribution >= 0.6 is 0 Å². The Kier molecular flexibility index (Phi) is 6.87. The van der Waals surface area contributed by atoms with Crippen LogP contribution in [0.3, 0.4) is 0 Å². The number of halogens is 1. The van der Waals surface area contributed by atoms with Gasteiger partial charge in [0.25, 0.3) is 0 Å². The van der Waals surface area contributed by atoms with Crippen LogP contribution in [0.4, 0.5) is 21.7 Å². The van der Waals surface area contributed by atoms with Crippen LogP contribution in [0, 0.1) is 12.7 Å². The third-order valence-electron chi connectivity index (χ3n) is 7.05. The molecule has 1 amide bonds. The molecule has 6 rings (SSSR count). The highest BCUT2D eigenvalue weighted by molar-refractivity contribution is 6.08. The summed E-state index contributed by atoms with van der Waals surface area (Å²) in [6.07, 6.45) is 4.19. The zero-order valence-electron chi connectivity index (χ0n) is 23.0. The van der Waals surface area contributed by atoms with Crippen LogP contribution in [0.5, 0.6) is 17.5 Å². The maximum atomic E-state index is 15.5. The second-order valence-electron chi connectivity index (χ2n) is 9.58. The number of nitrogens with one attached hydrogen (secondary N) is 1. The lowest BCUT2D eigenvalue weighted by Crippen LogP contribution is -2.21. The van der Waals surface area contributed by atoms with Crippen LogP contribution in [0.25, 0.3) is 22.2 Å². The fraction of sp³-hybridized carbons (Fsp3) is 0.167. The lowest BCUT2D eigenvalue weighted by atomic mass is 10.0. The third kappa shape index (κ3) is 4.62. The number of hydrogen-bond donors (Lipinski definition) is 2. The number of nitrogen functional groups attached to an aromatic ring is 1. The highest BCUT2D eigenvalue weighted by atomic mass is 19.1. The van der Waals surface area contributed by atoms with E-state index in [1.165, 1.54) is 24.5 Å². The number of nitrogens with zero attached hydrogens (tertiary/aromatic N) is 6. The predicted octanol–water partition coefficient (Wildman–Crippen LogP) is 4.67. The molecule has 0 aliphatic carbocycles. The van der Waals surface area contributed by atoms with E-state index in [2.05, 4.69) is 36.7 Å². The van der Waals surface area contributed by atoms with Gasteiger partial charge < -0.3 is 30.0 Å². The number of hydrogen-bond acceptors (Lipinski definition) is 9. The Morgan fingerprint density at radius 1 is 1.19 bits per heavy atom. The van der Waals surface area contributed by atoms with Gasteiger partial charge in [-0.25, -0.2) is 24.3 Å². The first-order valence-electron chi connectivity index (χ1n) is 13.1. The summed E-state index contributed by atoms with van der Waals surface area (Å²) in [7, 11) is 1.58. The highest BCUT2D eigenvalue weighted by Crippen LogP contribution is 2.49. The molecule has 0 radical (unpaired) electrons. The molecule has 0 unspecified atom stereocenters. The van der Waals surface area contributed by atoms with Crippen LogP contribution in [0.1, 0.15) is 11.3 Å². The zero-order chi connectivity index (χ0) is 29.4. The summed E-state index contributed by atoms with van der Waals surface area (Å²) < 4.78 is 29.0. The summed E-state index contributed by atoms with van der Waals surface area (Å²) in [6.45, 7) is 6.74. The molecule has 0 saturated carbocycles. The predicted molar refractivity (Wildman–Crippen MR) is 156 cm³/mol. The topological polar surface area (TPSA) is 133 Å². The molecule has 11 nitrogen and oxygen atoms in total. The molecule has 2 aromatic carbocycles. The van der Waals surface area contributed by atoms with Crippen molar-refractivity contribution in [1.82, 2.24) is 29.8 Å². The molecule has 0 spiro atoms. The number of carbonyl (C=O) groups excluding carboxylic acids is 1. The number of aromatic nitrogens is 5. The Bertz CT molecular complexity index is 1850. The maximum absolute atomic E-state index is 15.5. The average Bonchev–Trinajstić information content (AvgIpc) is 3.56. The van der Waals surface area contributed by atoms with E-state index in [4.69, 9.17) is 15.2 Å². The van der Waals surface area contributed by atoms with Gasteiger partial charge >= 0.3 is 6.01 Å². The van der Waals surface area contributed by atoms with E-state index >= 15 is 4.39 Å². The van der Waals surface area contributed by atoms with Crippen LogP contribution < -0.4 is 25.4 Å². The van der Waals surface area contributed by atoms with Crippen LogP contribution in [-0.2, 0) is 17.9 Å². The standard InChI is InChI=1S/C30H27FN8O3/c1-4-23(40)34-15-19-6-5-7-21(26(19)41-3)38-12-13-39-28-25(27(32)35-16-36-28)24(29(38)39)18-8-9-22(20(31)14-18)42-30-33-11-10-17(2)37-30/h4-11,14,16H,1,12-13,15H2,2-3H3,(H,34,40)(H2,32,35,36). The number of aryl methyl sites for hydroxylation is 1. The van der Waals surface area contributed by atoms with E-state index < -0.39 is 5.82 Å². The zero-order valence-corrected chi connectivity index (χ0v) is 23.0. The minimum absolute atomic E-state index is 0.0125. The lowest BCUT2D eigenvalue weighted by Gasteiger charge is -2.24. The monoisotopic (exact) mass is 566 g/mol. The number of rotatable bonds is 8. The first-order valence-corrected chi connectivity index (χ1v) is 13.1. The summed E-state index contributed by atoms with van der Waals surface area (Å²) in [4.78, 5) is 30.9. The van der Waals surface area contributed by atoms with Crippen molar-refractivity contribution in [3.63, 3.8) is 0 Å². The number of anilines is 3. The van der Waals surface area contributed by atoms with Gasteiger partial charge in [0, 0.05) is 42.7 Å². The minimum atomic E-state index is -0.594. The van der Waals surface area contributed by atoms with Gasteiger partial charge in [0.2, 0.25) is 5.91 Å². The smallest absolute Gasteiger partial charge is 0.322 e. The van der Waals surface area contributed by atoms with E-state index in [-0.39, 0.29) is 30.0 Å². The average molecular weight is 567 g/mol. The van der Waals surface area contributed by atoms with Crippen LogP contribution in [0.15, 0.2) is 67.6 Å². The lowest BCUT2D eigenvalue weighted by molar-refractivity contribution is -0.116. The van der Waals surface area contributed by atoms with Gasteiger partial charge in [-0.1, -0.05) is 24.8 Å². The fourth-order valence-electron chi connectivity index (χ4n) is 5.21. The van der Waals surface area contributed by atoms with E-state index in [1.54, 1.807) is 32.4 Å². The van der Waals surface area contributed by atoms with E-state index in [0.29, 0.717) is 46.7 Å². The van der Waals surface area contributed by atoms with E-state index in [1.807, 2.05) is 22.8 Å². The third-order valence-corrected chi connectivity index (χ3v) is 7.05. The van der Waals surface area contributed by atoms with Crippen molar-refractivity contribution >= 4 is 34.3 Å². The Balaban J connectivity index is 1.47. The molecule has 0 atom stereocenters. The summed E-state index contributed by atoms with van der Waals surface area (Å²) in [5.74, 6) is 0.739. The van der Waals surface area contributed by atoms with Gasteiger partial charge in [-0.3, -0.25) is 4.79 Å². The SMILES string of the molecule is C=CC(=O)NCc1cccc(N2CCn3c2c(-c2ccc(Oc4nccc(C)n4)c(F)c2)c2c(N)ncnc23)c1OC. The van der Waals surface area contributed by atoms with Gasteiger partial charge in [0.15, 0.2) is 11.6 Å². The second kappa shape index (κ2) is 10.8. The van der Waals surface area contributed by atoms with Gasteiger partial charge in [-0.05, 0) is 42.8 Å². The van der Waals surface area contributed by atoms with Crippen molar-refractivity contribution in [2.75, 3.05) is 24.3 Å². The molecule has 0 fully saturated rings. The number of benzene rings is 2. The maximum Gasteiger partial charge on any atom is 0.322 e. The number of nitrogens with two attached hydrogens (primary N) is 1. The molecule has 0 saturated heterocycles. The van der Waals surface area contributed by atoms with Crippen molar-refractivity contribution in [1.29, 1.82) is 0 Å². The quantitative estimate of drug-likeness (QED) is 0.257. The van der Waals surface area contributed by atoms with Gasteiger partial charge in [0.1, 0.15) is 29.4 Å². The van der Waals surface area contributed by atoms with Crippen LogP contribution in [0.2, 0.25) is 0 Å². The van der Waals surface area contributed by atoms with Crippen molar-refractivity contribution in [2.45, 2.75) is 20.0 Å². The number of ether oxygens (including phenoxy) is 2. The summed E-state index contributed by atoms with van der Waals surface area (Å²) in [5.41, 5.74) is 10.5. The summed E-state index contributed by atoms with van der Waals surface area (Å²) in [5, 5.41) is 3.41. The Morgan fingerprint density at radius 3 is 2.81 bits per heavy atom. The van der Waals surface area contributed by atoms with Gasteiger partial charge in [-0.2, -0.15) is 0 Å². The van der Waals surface area contributed by atoms with Crippen molar-refractivity contribution < 1.29 is 18.7 Å². The molecule has 3 N–H and O–H groups in total. The molecule has 3 aromatic heterocycles. The normalized spacial score (nSPS) is 12.3. The number of fused-ring (bicyclic) bond motifs is 3. The van der Waals surface area contributed by atoms with E-state index in [0.717, 1.165) is 17.1 Å². The molecule has 1 aliphatic rings. The summed E-state index contributed by atoms with van der Waals surface area (Å²) in [6, 6.07) is 12.2. The molecule has 12 heteroatoms. The molecular formula is C30H27FN8O3. The highest BCUT2D eigenvalue weighted by Gasteiger charge is 2.33. The Hall–Kier alpha value is -5.52. The number of amides is 1. The van der Waals surface area contributed by atoms with Gasteiger partial charge in [-0.15, -0.1) is 0 Å².